The highest BCUT2D eigenvalue weighted by molar-refractivity contribution is 7.80. The van der Waals surface area contributed by atoms with Gasteiger partial charge in [0.15, 0.2) is 0 Å². The lowest BCUT2D eigenvalue weighted by Gasteiger charge is -2.01. The van der Waals surface area contributed by atoms with Gasteiger partial charge in [0, 0.05) is 19.2 Å². The van der Waals surface area contributed by atoms with Crippen LogP contribution in [0.15, 0.2) is 6.20 Å². The van der Waals surface area contributed by atoms with Crippen molar-refractivity contribution in [2.24, 2.45) is 5.92 Å². The zero-order chi connectivity index (χ0) is 8.97. The van der Waals surface area contributed by atoms with Gasteiger partial charge in [-0.15, -0.1) is 5.10 Å². The Labute approximate surface area is 78.6 Å². The van der Waals surface area contributed by atoms with Crippen molar-refractivity contribution in [1.82, 2.24) is 15.0 Å². The molecular formula is C8H15N3S. The molecule has 1 aromatic rings. The van der Waals surface area contributed by atoms with E-state index in [9.17, 15) is 0 Å². The smallest absolute Gasteiger partial charge is 0.0835 e. The highest BCUT2D eigenvalue weighted by Crippen LogP contribution is 2.00. The third-order valence-corrected chi connectivity index (χ3v) is 1.73. The minimum atomic E-state index is 0.621. The number of hydrogen-bond acceptors (Lipinski definition) is 3. The summed E-state index contributed by atoms with van der Waals surface area (Å²) in [6.07, 6.45) is 2.90. The van der Waals surface area contributed by atoms with Gasteiger partial charge in [-0.3, -0.25) is 4.68 Å². The third kappa shape index (κ3) is 2.85. The minimum Gasteiger partial charge on any atom is -0.252 e. The zero-order valence-corrected chi connectivity index (χ0v) is 8.46. The van der Waals surface area contributed by atoms with Crippen molar-refractivity contribution in [2.45, 2.75) is 26.8 Å². The van der Waals surface area contributed by atoms with Gasteiger partial charge in [0.05, 0.1) is 5.69 Å². The summed E-state index contributed by atoms with van der Waals surface area (Å²) in [4.78, 5) is 0. The van der Waals surface area contributed by atoms with Crippen LogP contribution in [0.25, 0.3) is 0 Å². The molecule has 12 heavy (non-hydrogen) atoms. The van der Waals surface area contributed by atoms with E-state index in [0.717, 1.165) is 24.4 Å². The molecule has 0 spiro atoms. The summed E-state index contributed by atoms with van der Waals surface area (Å²) in [5.74, 6) is 1.45. The fourth-order valence-electron chi connectivity index (χ4n) is 1.03. The summed E-state index contributed by atoms with van der Waals surface area (Å²) in [6, 6.07) is 0. The SMILES string of the molecule is CC(C)Cn1cc(CCS)nn1. The van der Waals surface area contributed by atoms with E-state index in [1.807, 2.05) is 10.9 Å². The van der Waals surface area contributed by atoms with E-state index in [1.165, 1.54) is 0 Å². The van der Waals surface area contributed by atoms with Gasteiger partial charge >= 0.3 is 0 Å². The lowest BCUT2D eigenvalue weighted by molar-refractivity contribution is 0.472. The summed E-state index contributed by atoms with van der Waals surface area (Å²) >= 11 is 4.13. The Morgan fingerprint density at radius 2 is 2.33 bits per heavy atom. The molecule has 3 nitrogen and oxygen atoms in total. The van der Waals surface area contributed by atoms with E-state index in [2.05, 4.69) is 36.8 Å². The topological polar surface area (TPSA) is 30.7 Å². The first-order chi connectivity index (χ1) is 5.72. The van der Waals surface area contributed by atoms with Gasteiger partial charge in [-0.2, -0.15) is 12.6 Å². The van der Waals surface area contributed by atoms with Gasteiger partial charge in [-0.1, -0.05) is 19.1 Å². The summed E-state index contributed by atoms with van der Waals surface area (Å²) in [5.41, 5.74) is 1.03. The Bertz CT molecular complexity index is 232. The molecule has 0 N–H and O–H groups in total. The minimum absolute atomic E-state index is 0.621. The van der Waals surface area contributed by atoms with Crippen molar-refractivity contribution in [1.29, 1.82) is 0 Å². The van der Waals surface area contributed by atoms with Crippen molar-refractivity contribution in [3.63, 3.8) is 0 Å². The van der Waals surface area contributed by atoms with Gasteiger partial charge in [-0.25, -0.2) is 0 Å². The van der Waals surface area contributed by atoms with Gasteiger partial charge in [0.25, 0.3) is 0 Å². The van der Waals surface area contributed by atoms with Crippen molar-refractivity contribution in [2.75, 3.05) is 5.75 Å². The highest BCUT2D eigenvalue weighted by Gasteiger charge is 2.00. The van der Waals surface area contributed by atoms with Crippen LogP contribution in [0.5, 0.6) is 0 Å². The predicted molar refractivity (Wildman–Crippen MR) is 52.4 cm³/mol. The van der Waals surface area contributed by atoms with Crippen molar-refractivity contribution in [3.8, 4) is 0 Å². The van der Waals surface area contributed by atoms with Crippen LogP contribution in [0.4, 0.5) is 0 Å². The Balaban J connectivity index is 2.52. The van der Waals surface area contributed by atoms with Crippen LogP contribution in [-0.4, -0.2) is 20.7 Å². The molecule has 1 heterocycles. The molecule has 0 atom stereocenters. The van der Waals surface area contributed by atoms with Crippen LogP contribution in [-0.2, 0) is 13.0 Å². The standard InChI is InChI=1S/C8H15N3S/c1-7(2)5-11-6-8(3-4-12)9-10-11/h6-7,12H,3-5H2,1-2H3. The van der Waals surface area contributed by atoms with Crippen LogP contribution < -0.4 is 0 Å². The second-order valence-corrected chi connectivity index (χ2v) is 3.75. The van der Waals surface area contributed by atoms with Crippen LogP contribution in [0.3, 0.4) is 0 Å². The molecule has 0 aromatic carbocycles. The van der Waals surface area contributed by atoms with E-state index in [1.54, 1.807) is 0 Å². The Morgan fingerprint density at radius 1 is 1.58 bits per heavy atom. The molecule has 0 aliphatic rings. The normalized spacial score (nSPS) is 11.0. The maximum atomic E-state index is 4.13. The molecular weight excluding hydrogens is 170 g/mol. The van der Waals surface area contributed by atoms with Gasteiger partial charge < -0.3 is 0 Å². The molecule has 1 aromatic heterocycles. The van der Waals surface area contributed by atoms with Crippen LogP contribution in [0.2, 0.25) is 0 Å². The Kier molecular flexibility index (Phi) is 3.59. The van der Waals surface area contributed by atoms with Crippen LogP contribution in [0, 0.1) is 5.92 Å². The van der Waals surface area contributed by atoms with E-state index in [0.29, 0.717) is 5.92 Å². The number of aromatic nitrogens is 3. The lowest BCUT2D eigenvalue weighted by atomic mass is 10.2. The first-order valence-electron chi connectivity index (χ1n) is 4.22. The number of aryl methyl sites for hydroxylation is 1. The van der Waals surface area contributed by atoms with E-state index in [4.69, 9.17) is 0 Å². The maximum Gasteiger partial charge on any atom is 0.0835 e. The fourth-order valence-corrected chi connectivity index (χ4v) is 1.26. The second-order valence-electron chi connectivity index (χ2n) is 3.30. The molecule has 68 valence electrons. The second kappa shape index (κ2) is 4.50. The Morgan fingerprint density at radius 3 is 2.92 bits per heavy atom. The van der Waals surface area contributed by atoms with Crippen molar-refractivity contribution < 1.29 is 0 Å². The summed E-state index contributed by atoms with van der Waals surface area (Å²) in [6.45, 7) is 5.28. The number of rotatable bonds is 4. The average Bonchev–Trinajstić information content (AvgIpc) is 2.36. The lowest BCUT2D eigenvalue weighted by Crippen LogP contribution is -2.04. The first-order valence-corrected chi connectivity index (χ1v) is 4.85. The Hall–Kier alpha value is -0.510. The number of thiol groups is 1. The largest absolute Gasteiger partial charge is 0.252 e. The fraction of sp³-hybridized carbons (Fsp3) is 0.750. The molecule has 0 aliphatic carbocycles. The average molecular weight is 185 g/mol. The zero-order valence-electron chi connectivity index (χ0n) is 7.56. The molecule has 0 unspecified atom stereocenters. The van der Waals surface area contributed by atoms with Gasteiger partial charge in [-0.05, 0) is 11.7 Å². The molecule has 1 rings (SSSR count). The highest BCUT2D eigenvalue weighted by atomic mass is 32.1. The van der Waals surface area contributed by atoms with E-state index < -0.39 is 0 Å². The molecule has 0 bridgehead atoms. The molecule has 0 amide bonds. The van der Waals surface area contributed by atoms with Crippen LogP contribution in [0.1, 0.15) is 19.5 Å². The number of hydrogen-bond donors (Lipinski definition) is 1. The summed E-state index contributed by atoms with van der Waals surface area (Å²) in [5, 5.41) is 8.03. The third-order valence-electron chi connectivity index (χ3n) is 1.51. The first kappa shape index (κ1) is 9.58. The molecule has 0 saturated heterocycles. The van der Waals surface area contributed by atoms with E-state index >= 15 is 0 Å². The van der Waals surface area contributed by atoms with E-state index in [-0.39, 0.29) is 0 Å². The number of nitrogens with zero attached hydrogens (tertiary/aromatic N) is 3. The molecule has 0 saturated carbocycles. The van der Waals surface area contributed by atoms with Gasteiger partial charge in [0.1, 0.15) is 0 Å². The van der Waals surface area contributed by atoms with Crippen LogP contribution >= 0.6 is 12.6 Å². The van der Waals surface area contributed by atoms with Crippen molar-refractivity contribution in [3.05, 3.63) is 11.9 Å². The predicted octanol–water partition coefficient (Wildman–Crippen LogP) is 1.41. The maximum absolute atomic E-state index is 4.13. The molecule has 0 radical (unpaired) electrons. The molecule has 0 fully saturated rings. The monoisotopic (exact) mass is 185 g/mol. The summed E-state index contributed by atoms with van der Waals surface area (Å²) in [7, 11) is 0. The van der Waals surface area contributed by atoms with Gasteiger partial charge in [0.2, 0.25) is 0 Å². The summed E-state index contributed by atoms with van der Waals surface area (Å²) < 4.78 is 1.89. The van der Waals surface area contributed by atoms with Crippen molar-refractivity contribution >= 4 is 12.6 Å². The molecule has 4 heteroatoms. The molecule has 0 aliphatic heterocycles. The quantitative estimate of drug-likeness (QED) is 0.719.